The van der Waals surface area contributed by atoms with Crippen LogP contribution in [0, 0.1) is 0 Å². The maximum absolute atomic E-state index is 12.5. The number of nitrogens with one attached hydrogen (secondary N) is 2. The molecule has 3 rings (SSSR count). The Kier molecular flexibility index (Phi) is 7.24. The van der Waals surface area contributed by atoms with Gasteiger partial charge in [0.2, 0.25) is 5.91 Å². The number of nitrogens with zero attached hydrogens (tertiary/aromatic N) is 4. The fraction of sp³-hybridized carbons (Fsp3) is 0.278. The Balaban J connectivity index is 1.64. The molecule has 0 bridgehead atoms. The number of hydrogen-bond acceptors (Lipinski definition) is 7. The molecule has 2 N–H and O–H groups in total. The summed E-state index contributed by atoms with van der Waals surface area (Å²) in [6, 6.07) is 6.47. The van der Waals surface area contributed by atoms with E-state index in [2.05, 4.69) is 25.8 Å². The van der Waals surface area contributed by atoms with Crippen LogP contribution >= 0.6 is 34.7 Å². The number of carbonyl (C=O) groups excluding carboxylic acids is 2. The number of thioether (sulfide) groups is 1. The van der Waals surface area contributed by atoms with Crippen LogP contribution in [0.2, 0.25) is 5.02 Å². The maximum atomic E-state index is 12.5. The van der Waals surface area contributed by atoms with E-state index in [1.807, 2.05) is 18.4 Å². The summed E-state index contributed by atoms with van der Waals surface area (Å²) in [6.45, 7) is 4.38. The van der Waals surface area contributed by atoms with Crippen LogP contribution in [0.1, 0.15) is 36.1 Å². The monoisotopic (exact) mass is 450 g/mol. The zero-order chi connectivity index (χ0) is 20.8. The zero-order valence-corrected chi connectivity index (χ0v) is 18.1. The highest BCUT2D eigenvalue weighted by molar-refractivity contribution is 7.99. The molecule has 0 fully saturated rings. The van der Waals surface area contributed by atoms with E-state index in [0.717, 1.165) is 0 Å². The fourth-order valence-electron chi connectivity index (χ4n) is 2.58. The molecule has 0 radical (unpaired) electrons. The second-order valence-electron chi connectivity index (χ2n) is 5.93. The SMILES string of the molecule is CCn1c(SCC(=O)Nc2nccs2)nnc1[C@@H](C)NC(=O)c1ccccc1Cl. The molecule has 0 aliphatic rings. The van der Waals surface area contributed by atoms with Gasteiger partial charge in [-0.3, -0.25) is 9.59 Å². The van der Waals surface area contributed by atoms with Gasteiger partial charge in [-0.25, -0.2) is 4.98 Å². The molecule has 2 aromatic heterocycles. The van der Waals surface area contributed by atoms with Gasteiger partial charge in [0.05, 0.1) is 22.4 Å². The number of benzene rings is 1. The van der Waals surface area contributed by atoms with Crippen LogP contribution in [0.15, 0.2) is 41.0 Å². The number of halogens is 1. The van der Waals surface area contributed by atoms with Crippen LogP contribution in [0.3, 0.4) is 0 Å². The summed E-state index contributed by atoms with van der Waals surface area (Å²) in [5.74, 6) is 0.330. The molecular formula is C18H19ClN6O2S2. The van der Waals surface area contributed by atoms with E-state index < -0.39 is 0 Å². The van der Waals surface area contributed by atoms with Crippen molar-refractivity contribution in [2.75, 3.05) is 11.1 Å². The lowest BCUT2D eigenvalue weighted by Gasteiger charge is -2.15. The van der Waals surface area contributed by atoms with Gasteiger partial charge in [-0.1, -0.05) is 35.5 Å². The number of anilines is 1. The topological polar surface area (TPSA) is 102 Å². The van der Waals surface area contributed by atoms with Crippen LogP contribution in [-0.4, -0.2) is 37.3 Å². The Bertz CT molecular complexity index is 992. The van der Waals surface area contributed by atoms with E-state index in [0.29, 0.717) is 33.2 Å². The average Bonchev–Trinajstić information content (AvgIpc) is 3.35. The Morgan fingerprint density at radius 3 is 2.79 bits per heavy atom. The van der Waals surface area contributed by atoms with Crippen LogP contribution in [0.4, 0.5) is 5.13 Å². The van der Waals surface area contributed by atoms with Crippen molar-refractivity contribution in [1.82, 2.24) is 25.1 Å². The quantitative estimate of drug-likeness (QED) is 0.508. The molecule has 0 aliphatic carbocycles. The summed E-state index contributed by atoms with van der Waals surface area (Å²) in [5.41, 5.74) is 0.400. The molecule has 0 aliphatic heterocycles. The van der Waals surface area contributed by atoms with Gasteiger partial charge in [0.1, 0.15) is 0 Å². The molecule has 1 aromatic carbocycles. The van der Waals surface area contributed by atoms with Gasteiger partial charge in [-0.2, -0.15) is 0 Å². The van der Waals surface area contributed by atoms with E-state index >= 15 is 0 Å². The molecule has 0 saturated carbocycles. The van der Waals surface area contributed by atoms with Crippen LogP contribution in [-0.2, 0) is 11.3 Å². The molecule has 1 atom stereocenters. The largest absolute Gasteiger partial charge is 0.342 e. The average molecular weight is 451 g/mol. The van der Waals surface area contributed by atoms with E-state index in [4.69, 9.17) is 11.6 Å². The van der Waals surface area contributed by atoms with Crippen molar-refractivity contribution in [3.05, 3.63) is 52.3 Å². The number of carbonyl (C=O) groups is 2. The standard InChI is InChI=1S/C18H19ClN6O2S2/c1-3-25-15(11(2)21-16(27)12-6-4-5-7-13(12)19)23-24-18(25)29-10-14(26)22-17-20-8-9-28-17/h4-9,11H,3,10H2,1-2H3,(H,21,27)(H,20,22,26)/t11-/m1/s1. The molecular weight excluding hydrogens is 432 g/mol. The third-order valence-corrected chi connectivity index (χ3v) is 5.91. The molecule has 152 valence electrons. The summed E-state index contributed by atoms with van der Waals surface area (Å²) >= 11 is 8.73. The molecule has 0 unspecified atom stereocenters. The lowest BCUT2D eigenvalue weighted by molar-refractivity contribution is -0.113. The van der Waals surface area contributed by atoms with Crippen molar-refractivity contribution in [2.45, 2.75) is 31.6 Å². The Morgan fingerprint density at radius 2 is 2.10 bits per heavy atom. The highest BCUT2D eigenvalue weighted by Gasteiger charge is 2.21. The molecule has 8 nitrogen and oxygen atoms in total. The second kappa shape index (κ2) is 9.86. The van der Waals surface area contributed by atoms with Gasteiger partial charge in [-0.05, 0) is 26.0 Å². The van der Waals surface area contributed by atoms with Crippen molar-refractivity contribution in [3.8, 4) is 0 Å². The van der Waals surface area contributed by atoms with E-state index in [1.165, 1.54) is 23.1 Å². The Labute approximate surface area is 181 Å². The first kappa shape index (κ1) is 21.3. The predicted octanol–water partition coefficient (Wildman–Crippen LogP) is 3.63. The highest BCUT2D eigenvalue weighted by atomic mass is 35.5. The summed E-state index contributed by atoms with van der Waals surface area (Å²) in [6.07, 6.45) is 1.63. The molecule has 11 heteroatoms. The highest BCUT2D eigenvalue weighted by Crippen LogP contribution is 2.22. The van der Waals surface area contributed by atoms with Crippen LogP contribution < -0.4 is 10.6 Å². The van der Waals surface area contributed by atoms with Crippen molar-refractivity contribution in [1.29, 1.82) is 0 Å². The van der Waals surface area contributed by atoms with Crippen molar-refractivity contribution >= 4 is 51.6 Å². The predicted molar refractivity (Wildman–Crippen MR) is 114 cm³/mol. The minimum absolute atomic E-state index is 0.169. The van der Waals surface area contributed by atoms with Gasteiger partial charge in [0.15, 0.2) is 16.1 Å². The minimum Gasteiger partial charge on any atom is -0.342 e. The minimum atomic E-state index is -0.385. The normalized spacial score (nSPS) is 11.8. The first-order valence-electron chi connectivity index (χ1n) is 8.80. The van der Waals surface area contributed by atoms with Crippen LogP contribution in [0.5, 0.6) is 0 Å². The summed E-state index contributed by atoms with van der Waals surface area (Å²) < 4.78 is 1.87. The Hall–Kier alpha value is -2.43. The third-order valence-electron chi connectivity index (χ3n) is 3.93. The number of aromatic nitrogens is 4. The number of hydrogen-bond donors (Lipinski definition) is 2. The van der Waals surface area contributed by atoms with Gasteiger partial charge < -0.3 is 15.2 Å². The third kappa shape index (κ3) is 5.34. The van der Waals surface area contributed by atoms with Crippen molar-refractivity contribution in [3.63, 3.8) is 0 Å². The molecule has 3 aromatic rings. The lowest BCUT2D eigenvalue weighted by atomic mass is 10.2. The van der Waals surface area contributed by atoms with Gasteiger partial charge >= 0.3 is 0 Å². The zero-order valence-electron chi connectivity index (χ0n) is 15.8. The molecule has 2 heterocycles. The van der Waals surface area contributed by atoms with Gasteiger partial charge in [-0.15, -0.1) is 21.5 Å². The molecule has 0 spiro atoms. The van der Waals surface area contributed by atoms with E-state index in [-0.39, 0.29) is 23.6 Å². The first-order valence-corrected chi connectivity index (χ1v) is 11.0. The van der Waals surface area contributed by atoms with E-state index in [9.17, 15) is 9.59 Å². The van der Waals surface area contributed by atoms with Crippen molar-refractivity contribution < 1.29 is 9.59 Å². The van der Waals surface area contributed by atoms with Gasteiger partial charge in [0.25, 0.3) is 5.91 Å². The maximum Gasteiger partial charge on any atom is 0.253 e. The number of thiazole rings is 1. The van der Waals surface area contributed by atoms with Crippen LogP contribution in [0.25, 0.3) is 0 Å². The summed E-state index contributed by atoms with van der Waals surface area (Å²) in [4.78, 5) is 28.6. The first-order chi connectivity index (χ1) is 14.0. The summed E-state index contributed by atoms with van der Waals surface area (Å²) in [5, 5.41) is 17.4. The van der Waals surface area contributed by atoms with E-state index in [1.54, 1.807) is 35.8 Å². The smallest absolute Gasteiger partial charge is 0.253 e. The fourth-order valence-corrected chi connectivity index (χ4v) is 4.16. The number of rotatable bonds is 8. The lowest BCUT2D eigenvalue weighted by Crippen LogP contribution is -2.29. The molecule has 2 amide bonds. The second-order valence-corrected chi connectivity index (χ2v) is 8.18. The van der Waals surface area contributed by atoms with Gasteiger partial charge in [0, 0.05) is 18.1 Å². The number of amides is 2. The summed E-state index contributed by atoms with van der Waals surface area (Å²) in [7, 11) is 0. The molecule has 29 heavy (non-hydrogen) atoms. The Morgan fingerprint density at radius 1 is 1.31 bits per heavy atom. The molecule has 0 saturated heterocycles. The van der Waals surface area contributed by atoms with Crippen molar-refractivity contribution in [2.24, 2.45) is 0 Å².